The number of fused-ring (bicyclic) bond motifs is 1. The first-order chi connectivity index (χ1) is 7.29. The van der Waals surface area contributed by atoms with Crippen LogP contribution in [0.5, 0.6) is 0 Å². The van der Waals surface area contributed by atoms with Gasteiger partial charge in [0.25, 0.3) is 0 Å². The molecule has 1 aromatic rings. The Bertz CT molecular complexity index is 354. The predicted octanol–water partition coefficient (Wildman–Crippen LogP) is 2.49. The predicted molar refractivity (Wildman–Crippen MR) is 65.0 cm³/mol. The molecule has 1 aliphatic carbocycles. The van der Waals surface area contributed by atoms with E-state index in [4.69, 9.17) is 0 Å². The third kappa shape index (κ3) is 2.37. The van der Waals surface area contributed by atoms with Crippen LogP contribution in [0.15, 0.2) is 49.1 Å². The van der Waals surface area contributed by atoms with Crippen LogP contribution in [0, 0.1) is 0 Å². The van der Waals surface area contributed by atoms with E-state index in [-0.39, 0.29) is 0 Å². The van der Waals surface area contributed by atoms with Crippen LogP contribution >= 0.6 is 0 Å². The molecule has 1 heteroatoms. The number of nitrogens with one attached hydrogen (secondary N) is 1. The fraction of sp³-hybridized carbons (Fsp3) is 0.286. The van der Waals surface area contributed by atoms with E-state index in [9.17, 15) is 0 Å². The van der Waals surface area contributed by atoms with Crippen molar-refractivity contribution in [1.29, 1.82) is 0 Å². The van der Waals surface area contributed by atoms with Crippen molar-refractivity contribution in [1.82, 2.24) is 5.32 Å². The van der Waals surface area contributed by atoms with E-state index in [1.165, 1.54) is 11.1 Å². The molecule has 0 bridgehead atoms. The van der Waals surface area contributed by atoms with Crippen molar-refractivity contribution in [2.75, 3.05) is 6.54 Å². The highest BCUT2D eigenvalue weighted by Gasteiger charge is 2.19. The van der Waals surface area contributed by atoms with E-state index in [0.717, 1.165) is 25.0 Å². The molecule has 0 aromatic heterocycles. The van der Waals surface area contributed by atoms with Crippen LogP contribution in [0.3, 0.4) is 0 Å². The molecular weight excluding hydrogens is 182 g/mol. The maximum Gasteiger partial charge on any atom is 0.0202 e. The average Bonchev–Trinajstić information content (AvgIpc) is 2.68. The SMILES string of the molecule is C=CC(=C)CNC1Cc2ccccc2C1. The molecule has 1 aliphatic rings. The number of hydrogen-bond donors (Lipinski definition) is 1. The summed E-state index contributed by atoms with van der Waals surface area (Å²) in [6, 6.07) is 9.24. The molecule has 0 heterocycles. The van der Waals surface area contributed by atoms with E-state index in [1.807, 2.05) is 6.08 Å². The fourth-order valence-corrected chi connectivity index (χ4v) is 2.05. The molecule has 2 rings (SSSR count). The van der Waals surface area contributed by atoms with Gasteiger partial charge in [0.2, 0.25) is 0 Å². The molecule has 0 fully saturated rings. The second kappa shape index (κ2) is 4.45. The van der Waals surface area contributed by atoms with Gasteiger partial charge in [0.1, 0.15) is 0 Å². The third-order valence-electron chi connectivity index (χ3n) is 2.96. The minimum absolute atomic E-state index is 0.569. The zero-order valence-corrected chi connectivity index (χ0v) is 9.00. The molecular formula is C14H17N. The largest absolute Gasteiger partial charge is 0.309 e. The first-order valence-electron chi connectivity index (χ1n) is 5.40. The Morgan fingerprint density at radius 3 is 2.47 bits per heavy atom. The van der Waals surface area contributed by atoms with Gasteiger partial charge < -0.3 is 5.32 Å². The summed E-state index contributed by atoms with van der Waals surface area (Å²) in [6.45, 7) is 8.46. The van der Waals surface area contributed by atoms with E-state index >= 15 is 0 Å². The molecule has 0 unspecified atom stereocenters. The van der Waals surface area contributed by atoms with Gasteiger partial charge in [-0.05, 0) is 29.5 Å². The zero-order chi connectivity index (χ0) is 10.7. The van der Waals surface area contributed by atoms with Crippen molar-refractivity contribution in [3.8, 4) is 0 Å². The minimum Gasteiger partial charge on any atom is -0.309 e. The highest BCUT2D eigenvalue weighted by atomic mass is 14.9. The van der Waals surface area contributed by atoms with Gasteiger partial charge in [0.15, 0.2) is 0 Å². The van der Waals surface area contributed by atoms with Gasteiger partial charge in [0.05, 0.1) is 0 Å². The van der Waals surface area contributed by atoms with Crippen molar-refractivity contribution < 1.29 is 0 Å². The van der Waals surface area contributed by atoms with Crippen molar-refractivity contribution in [2.24, 2.45) is 0 Å². The lowest BCUT2D eigenvalue weighted by Gasteiger charge is -2.11. The average molecular weight is 199 g/mol. The Hall–Kier alpha value is -1.34. The molecule has 1 aromatic carbocycles. The van der Waals surface area contributed by atoms with Crippen LogP contribution in [0.1, 0.15) is 11.1 Å². The zero-order valence-electron chi connectivity index (χ0n) is 9.00. The molecule has 0 aliphatic heterocycles. The lowest BCUT2D eigenvalue weighted by Crippen LogP contribution is -2.30. The lowest BCUT2D eigenvalue weighted by atomic mass is 10.1. The summed E-state index contributed by atoms with van der Waals surface area (Å²) < 4.78 is 0. The molecule has 0 amide bonds. The van der Waals surface area contributed by atoms with Gasteiger partial charge >= 0.3 is 0 Å². The summed E-state index contributed by atoms with van der Waals surface area (Å²) in [5.74, 6) is 0. The topological polar surface area (TPSA) is 12.0 Å². The van der Waals surface area contributed by atoms with Crippen LogP contribution in [0.4, 0.5) is 0 Å². The van der Waals surface area contributed by atoms with E-state index in [1.54, 1.807) is 0 Å². The van der Waals surface area contributed by atoms with E-state index in [0.29, 0.717) is 6.04 Å². The molecule has 1 nitrogen and oxygen atoms in total. The van der Waals surface area contributed by atoms with Gasteiger partial charge in [-0.15, -0.1) is 0 Å². The quantitative estimate of drug-likeness (QED) is 0.735. The third-order valence-corrected chi connectivity index (χ3v) is 2.96. The Kier molecular flexibility index (Phi) is 3.02. The Morgan fingerprint density at radius 2 is 1.93 bits per heavy atom. The molecule has 0 atom stereocenters. The van der Waals surface area contributed by atoms with Crippen molar-refractivity contribution in [3.05, 3.63) is 60.2 Å². The van der Waals surface area contributed by atoms with E-state index in [2.05, 4.69) is 42.7 Å². The smallest absolute Gasteiger partial charge is 0.0202 e. The van der Waals surface area contributed by atoms with Crippen LogP contribution < -0.4 is 5.32 Å². The summed E-state index contributed by atoms with van der Waals surface area (Å²) >= 11 is 0. The standard InChI is InChI=1S/C14H17N/c1-3-11(2)10-15-14-8-12-6-4-5-7-13(12)9-14/h3-7,14-15H,1-2,8-10H2. The van der Waals surface area contributed by atoms with Gasteiger partial charge in [-0.25, -0.2) is 0 Å². The molecule has 0 radical (unpaired) electrons. The maximum absolute atomic E-state index is 3.90. The number of benzene rings is 1. The monoisotopic (exact) mass is 199 g/mol. The molecule has 15 heavy (non-hydrogen) atoms. The Balaban J connectivity index is 1.90. The first-order valence-corrected chi connectivity index (χ1v) is 5.40. The molecule has 0 saturated heterocycles. The second-order valence-electron chi connectivity index (χ2n) is 4.12. The molecule has 0 saturated carbocycles. The lowest BCUT2D eigenvalue weighted by molar-refractivity contribution is 0.562. The molecule has 1 N–H and O–H groups in total. The number of hydrogen-bond acceptors (Lipinski definition) is 1. The molecule has 0 spiro atoms. The fourth-order valence-electron chi connectivity index (χ4n) is 2.05. The summed E-state index contributed by atoms with van der Waals surface area (Å²) in [4.78, 5) is 0. The highest BCUT2D eigenvalue weighted by Crippen LogP contribution is 2.21. The van der Waals surface area contributed by atoms with Crippen LogP contribution in [-0.4, -0.2) is 12.6 Å². The van der Waals surface area contributed by atoms with Gasteiger partial charge in [-0.2, -0.15) is 0 Å². The van der Waals surface area contributed by atoms with Crippen LogP contribution in [0.25, 0.3) is 0 Å². The van der Waals surface area contributed by atoms with Crippen LogP contribution in [0.2, 0.25) is 0 Å². The van der Waals surface area contributed by atoms with Gasteiger partial charge in [-0.1, -0.05) is 43.5 Å². The second-order valence-corrected chi connectivity index (χ2v) is 4.12. The summed E-state index contributed by atoms with van der Waals surface area (Å²) in [6.07, 6.45) is 4.09. The molecule has 78 valence electrons. The number of rotatable bonds is 4. The van der Waals surface area contributed by atoms with Crippen molar-refractivity contribution in [2.45, 2.75) is 18.9 Å². The van der Waals surface area contributed by atoms with Crippen molar-refractivity contribution in [3.63, 3.8) is 0 Å². The normalized spacial score (nSPS) is 14.9. The summed E-state index contributed by atoms with van der Waals surface area (Å²) in [5, 5.41) is 3.51. The van der Waals surface area contributed by atoms with Crippen LogP contribution in [-0.2, 0) is 12.8 Å². The van der Waals surface area contributed by atoms with Gasteiger partial charge in [-0.3, -0.25) is 0 Å². The van der Waals surface area contributed by atoms with Crippen molar-refractivity contribution >= 4 is 0 Å². The van der Waals surface area contributed by atoms with Gasteiger partial charge in [0, 0.05) is 12.6 Å². The Labute approximate surface area is 91.5 Å². The van der Waals surface area contributed by atoms with E-state index < -0.39 is 0 Å². The first kappa shape index (κ1) is 10.2. The minimum atomic E-state index is 0.569. The maximum atomic E-state index is 3.90. The highest BCUT2D eigenvalue weighted by molar-refractivity contribution is 5.33. The summed E-state index contributed by atoms with van der Waals surface area (Å²) in [5.41, 5.74) is 4.03. The Morgan fingerprint density at radius 1 is 1.33 bits per heavy atom. The summed E-state index contributed by atoms with van der Waals surface area (Å²) in [7, 11) is 0.